The van der Waals surface area contributed by atoms with Crippen molar-refractivity contribution in [3.8, 4) is 12.3 Å². The number of carbonyl (C=O) groups excluding carboxylic acids is 1. The summed E-state index contributed by atoms with van der Waals surface area (Å²) in [5.41, 5.74) is 0. The monoisotopic (exact) mass is 197 g/mol. The smallest absolute Gasteiger partial charge is 0.223 e. The van der Waals surface area contributed by atoms with Gasteiger partial charge in [0.1, 0.15) is 0 Å². The van der Waals surface area contributed by atoms with Crippen LogP contribution in [0.3, 0.4) is 0 Å². The second kappa shape index (κ2) is 7.40. The average molecular weight is 197 g/mol. The topological polar surface area (TPSA) is 40.5 Å². The molecule has 1 unspecified atom stereocenters. The molecule has 3 nitrogen and oxygen atoms in total. The fraction of sp³-hybridized carbons (Fsp3) is 0.727. The first-order chi connectivity index (χ1) is 6.61. The molecule has 0 spiro atoms. The van der Waals surface area contributed by atoms with Gasteiger partial charge in [-0.15, -0.1) is 6.42 Å². The van der Waals surface area contributed by atoms with E-state index in [-0.39, 0.29) is 5.91 Å². The SMILES string of the molecule is C#CCN(CCC)C(=O)CCC(C)O. The van der Waals surface area contributed by atoms with E-state index >= 15 is 0 Å². The van der Waals surface area contributed by atoms with E-state index in [1.54, 1.807) is 11.8 Å². The Bertz CT molecular complexity index is 206. The highest BCUT2D eigenvalue weighted by Crippen LogP contribution is 2.01. The maximum Gasteiger partial charge on any atom is 0.223 e. The van der Waals surface area contributed by atoms with E-state index in [1.807, 2.05) is 6.92 Å². The zero-order valence-electron chi connectivity index (χ0n) is 8.99. The van der Waals surface area contributed by atoms with E-state index in [4.69, 9.17) is 11.5 Å². The highest BCUT2D eigenvalue weighted by molar-refractivity contribution is 5.76. The molecule has 0 bridgehead atoms. The Labute approximate surface area is 86.1 Å². The molecular formula is C11H19NO2. The molecule has 0 aliphatic carbocycles. The van der Waals surface area contributed by atoms with E-state index in [0.717, 1.165) is 6.42 Å². The van der Waals surface area contributed by atoms with Crippen molar-refractivity contribution in [2.45, 2.75) is 39.2 Å². The Hall–Kier alpha value is -1.01. The Morgan fingerprint density at radius 3 is 2.71 bits per heavy atom. The van der Waals surface area contributed by atoms with E-state index in [2.05, 4.69) is 5.92 Å². The predicted molar refractivity (Wildman–Crippen MR) is 56.6 cm³/mol. The molecule has 0 aromatic carbocycles. The van der Waals surface area contributed by atoms with Crippen LogP contribution in [0.2, 0.25) is 0 Å². The van der Waals surface area contributed by atoms with Gasteiger partial charge in [0.05, 0.1) is 12.6 Å². The molecule has 0 aliphatic heterocycles. The van der Waals surface area contributed by atoms with Crippen molar-refractivity contribution in [1.29, 1.82) is 0 Å². The van der Waals surface area contributed by atoms with Crippen molar-refractivity contribution < 1.29 is 9.90 Å². The predicted octanol–water partition coefficient (Wildman–Crippen LogP) is 1.02. The molecule has 0 aromatic rings. The van der Waals surface area contributed by atoms with E-state index in [9.17, 15) is 4.79 Å². The molecule has 14 heavy (non-hydrogen) atoms. The van der Waals surface area contributed by atoms with Crippen LogP contribution < -0.4 is 0 Å². The maximum absolute atomic E-state index is 11.5. The molecule has 0 fully saturated rings. The normalized spacial score (nSPS) is 11.9. The van der Waals surface area contributed by atoms with Crippen LogP contribution in [-0.2, 0) is 4.79 Å². The zero-order valence-corrected chi connectivity index (χ0v) is 8.99. The van der Waals surface area contributed by atoms with Crippen molar-refractivity contribution >= 4 is 5.91 Å². The molecule has 0 aliphatic rings. The number of amides is 1. The lowest BCUT2D eigenvalue weighted by Gasteiger charge is -2.19. The van der Waals surface area contributed by atoms with Gasteiger partial charge < -0.3 is 10.0 Å². The highest BCUT2D eigenvalue weighted by atomic mass is 16.3. The third kappa shape index (κ3) is 5.60. The van der Waals surface area contributed by atoms with Crippen LogP contribution >= 0.6 is 0 Å². The quantitative estimate of drug-likeness (QED) is 0.646. The first-order valence-corrected chi connectivity index (χ1v) is 5.01. The first-order valence-electron chi connectivity index (χ1n) is 5.01. The molecule has 0 radical (unpaired) electrons. The summed E-state index contributed by atoms with van der Waals surface area (Å²) in [6.07, 6.45) is 6.52. The summed E-state index contributed by atoms with van der Waals surface area (Å²) in [6, 6.07) is 0. The van der Waals surface area contributed by atoms with Crippen molar-refractivity contribution in [2.24, 2.45) is 0 Å². The number of nitrogens with zero attached hydrogens (tertiary/aromatic N) is 1. The molecule has 1 N–H and O–H groups in total. The van der Waals surface area contributed by atoms with Crippen LogP contribution in [0.1, 0.15) is 33.1 Å². The summed E-state index contributed by atoms with van der Waals surface area (Å²) < 4.78 is 0. The molecule has 0 saturated carbocycles. The number of hydrogen-bond acceptors (Lipinski definition) is 2. The minimum Gasteiger partial charge on any atom is -0.393 e. The van der Waals surface area contributed by atoms with E-state index in [0.29, 0.717) is 25.9 Å². The molecule has 0 heterocycles. The average Bonchev–Trinajstić information content (AvgIpc) is 2.14. The molecule has 0 saturated heterocycles. The fourth-order valence-corrected chi connectivity index (χ4v) is 1.16. The molecule has 1 atom stereocenters. The molecule has 3 heteroatoms. The summed E-state index contributed by atoms with van der Waals surface area (Å²) in [6.45, 7) is 4.75. The summed E-state index contributed by atoms with van der Waals surface area (Å²) in [4.78, 5) is 13.2. The van der Waals surface area contributed by atoms with Crippen LogP contribution in [0, 0.1) is 12.3 Å². The minimum absolute atomic E-state index is 0.0331. The number of hydrogen-bond donors (Lipinski definition) is 1. The number of rotatable bonds is 6. The van der Waals surface area contributed by atoms with Crippen molar-refractivity contribution in [3.05, 3.63) is 0 Å². The van der Waals surface area contributed by atoms with Crippen LogP contribution in [0.5, 0.6) is 0 Å². The van der Waals surface area contributed by atoms with Gasteiger partial charge in [-0.05, 0) is 19.8 Å². The molecule has 80 valence electrons. The summed E-state index contributed by atoms with van der Waals surface area (Å²) in [7, 11) is 0. The lowest BCUT2D eigenvalue weighted by Crippen LogP contribution is -2.32. The van der Waals surface area contributed by atoms with E-state index in [1.165, 1.54) is 0 Å². The standard InChI is InChI=1S/C11H19NO2/c1-4-8-12(9-5-2)11(14)7-6-10(3)13/h1,10,13H,5-9H2,2-3H3. The van der Waals surface area contributed by atoms with Crippen molar-refractivity contribution in [2.75, 3.05) is 13.1 Å². The van der Waals surface area contributed by atoms with Gasteiger partial charge in [0.2, 0.25) is 5.91 Å². The fourth-order valence-electron chi connectivity index (χ4n) is 1.16. The maximum atomic E-state index is 11.5. The van der Waals surface area contributed by atoms with Crippen LogP contribution in [0.15, 0.2) is 0 Å². The van der Waals surface area contributed by atoms with Gasteiger partial charge in [-0.1, -0.05) is 12.8 Å². The Kier molecular flexibility index (Phi) is 6.87. The van der Waals surface area contributed by atoms with Gasteiger partial charge in [0.25, 0.3) is 0 Å². The molecule has 1 amide bonds. The van der Waals surface area contributed by atoms with Crippen LogP contribution in [-0.4, -0.2) is 35.1 Å². The summed E-state index contributed by atoms with van der Waals surface area (Å²) >= 11 is 0. The minimum atomic E-state index is -0.423. The third-order valence-corrected chi connectivity index (χ3v) is 1.90. The number of aliphatic hydroxyl groups is 1. The Balaban J connectivity index is 3.96. The Morgan fingerprint density at radius 2 is 2.29 bits per heavy atom. The second-order valence-corrected chi connectivity index (χ2v) is 3.41. The van der Waals surface area contributed by atoms with Crippen LogP contribution in [0.4, 0.5) is 0 Å². The van der Waals surface area contributed by atoms with Crippen LogP contribution in [0.25, 0.3) is 0 Å². The number of carbonyl (C=O) groups is 1. The van der Waals surface area contributed by atoms with Gasteiger partial charge in [-0.3, -0.25) is 4.79 Å². The summed E-state index contributed by atoms with van der Waals surface area (Å²) in [5.74, 6) is 2.50. The lowest BCUT2D eigenvalue weighted by atomic mass is 10.2. The molecular weight excluding hydrogens is 178 g/mol. The second-order valence-electron chi connectivity index (χ2n) is 3.41. The van der Waals surface area contributed by atoms with Gasteiger partial charge >= 0.3 is 0 Å². The van der Waals surface area contributed by atoms with Crippen molar-refractivity contribution in [3.63, 3.8) is 0 Å². The number of aliphatic hydroxyl groups excluding tert-OH is 1. The third-order valence-electron chi connectivity index (χ3n) is 1.90. The lowest BCUT2D eigenvalue weighted by molar-refractivity contribution is -0.131. The van der Waals surface area contributed by atoms with Gasteiger partial charge in [0, 0.05) is 13.0 Å². The summed E-state index contributed by atoms with van der Waals surface area (Å²) in [5, 5.41) is 9.03. The van der Waals surface area contributed by atoms with Crippen molar-refractivity contribution in [1.82, 2.24) is 4.90 Å². The van der Waals surface area contributed by atoms with E-state index < -0.39 is 6.10 Å². The largest absolute Gasteiger partial charge is 0.393 e. The van der Waals surface area contributed by atoms with Gasteiger partial charge in [-0.2, -0.15) is 0 Å². The highest BCUT2D eigenvalue weighted by Gasteiger charge is 2.11. The Morgan fingerprint density at radius 1 is 1.64 bits per heavy atom. The zero-order chi connectivity index (χ0) is 11.0. The molecule has 0 aromatic heterocycles. The molecule has 0 rings (SSSR count). The first kappa shape index (κ1) is 13.0. The van der Waals surface area contributed by atoms with Gasteiger partial charge in [0.15, 0.2) is 0 Å². The van der Waals surface area contributed by atoms with Gasteiger partial charge in [-0.25, -0.2) is 0 Å². The number of terminal acetylenes is 1.